The van der Waals surface area contributed by atoms with E-state index in [1.807, 2.05) is 58.0 Å². The van der Waals surface area contributed by atoms with E-state index in [-0.39, 0.29) is 36.2 Å². The lowest BCUT2D eigenvalue weighted by Gasteiger charge is -2.38. The van der Waals surface area contributed by atoms with Gasteiger partial charge >= 0.3 is 0 Å². The van der Waals surface area contributed by atoms with Gasteiger partial charge in [-0.05, 0) is 37.2 Å². The Morgan fingerprint density at radius 1 is 1.16 bits per heavy atom. The number of rotatable bonds is 11. The molecule has 1 spiro atoms. The summed E-state index contributed by atoms with van der Waals surface area (Å²) in [7, 11) is 0. The number of nitrogens with one attached hydrogen (secondary N) is 2. The van der Waals surface area contributed by atoms with Crippen molar-refractivity contribution in [2.45, 2.75) is 90.1 Å². The predicted molar refractivity (Wildman–Crippen MR) is 140 cm³/mol. The summed E-state index contributed by atoms with van der Waals surface area (Å²) in [6.45, 7) is 10.5. The summed E-state index contributed by atoms with van der Waals surface area (Å²) in [5.74, 6) is -2.35. The number of unbranched alkanes of at least 4 members (excludes halogenated alkanes) is 2. The van der Waals surface area contributed by atoms with Crippen LogP contribution in [0, 0.1) is 23.7 Å². The third kappa shape index (κ3) is 4.56. The van der Waals surface area contributed by atoms with Crippen molar-refractivity contribution in [3.8, 4) is 0 Å². The second-order valence-corrected chi connectivity index (χ2v) is 11.6. The highest BCUT2D eigenvalue weighted by atomic mass is 16.5. The van der Waals surface area contributed by atoms with Crippen molar-refractivity contribution in [3.05, 3.63) is 35.9 Å². The average molecular weight is 514 g/mol. The topological polar surface area (TPSA) is 108 Å². The molecule has 8 heteroatoms. The van der Waals surface area contributed by atoms with Crippen molar-refractivity contribution in [2.75, 3.05) is 13.2 Å². The summed E-state index contributed by atoms with van der Waals surface area (Å²) in [5, 5.41) is 16.4. The monoisotopic (exact) mass is 513 g/mol. The standard InChI is InChI=1S/C29H43N3O5/c1-6-7-11-14-30-26(35)24-29-15-19(4)28(5,37-29)22(25(34)31-16-20-12-9-8-10-13-20)23(29)27(36)32(24)21(17-33)18(2)3/h8-10,12-13,18-19,21-24,33H,6-7,11,14-17H2,1-5H3,(H,30,35)(H,31,34)/t19?,21-,22+,23-,24?,28-,29?/m0/s1. The van der Waals surface area contributed by atoms with Gasteiger partial charge < -0.3 is 25.4 Å². The maximum absolute atomic E-state index is 14.2. The molecule has 0 aromatic heterocycles. The van der Waals surface area contributed by atoms with Gasteiger partial charge in [0, 0.05) is 13.1 Å². The summed E-state index contributed by atoms with van der Waals surface area (Å²) < 4.78 is 6.74. The first-order valence-electron chi connectivity index (χ1n) is 13.8. The molecule has 204 valence electrons. The van der Waals surface area contributed by atoms with Crippen LogP contribution in [-0.4, -0.2) is 64.2 Å². The lowest BCUT2D eigenvalue weighted by atomic mass is 9.62. The van der Waals surface area contributed by atoms with Crippen molar-refractivity contribution < 1.29 is 24.2 Å². The van der Waals surface area contributed by atoms with Crippen molar-refractivity contribution in [2.24, 2.45) is 23.7 Å². The van der Waals surface area contributed by atoms with Crippen molar-refractivity contribution in [3.63, 3.8) is 0 Å². The maximum atomic E-state index is 14.2. The summed E-state index contributed by atoms with van der Waals surface area (Å²) in [5.41, 5.74) is -0.992. The lowest BCUT2D eigenvalue weighted by Crippen LogP contribution is -2.59. The van der Waals surface area contributed by atoms with Crippen molar-refractivity contribution >= 4 is 17.7 Å². The van der Waals surface area contributed by atoms with E-state index in [4.69, 9.17) is 4.74 Å². The van der Waals surface area contributed by atoms with Crippen LogP contribution in [0.1, 0.15) is 65.9 Å². The summed E-state index contributed by atoms with van der Waals surface area (Å²) in [6, 6.07) is 8.22. The number of benzene rings is 1. The number of aliphatic hydroxyl groups excluding tert-OH is 1. The Balaban J connectivity index is 1.69. The van der Waals surface area contributed by atoms with Crippen LogP contribution in [0.4, 0.5) is 0 Å². The zero-order valence-corrected chi connectivity index (χ0v) is 22.8. The normalized spacial score (nSPS) is 33.1. The molecule has 3 unspecified atom stereocenters. The molecule has 37 heavy (non-hydrogen) atoms. The fourth-order valence-corrected chi connectivity index (χ4v) is 6.93. The number of carbonyl (C=O) groups excluding carboxylic acids is 3. The van der Waals surface area contributed by atoms with Crippen LogP contribution >= 0.6 is 0 Å². The second kappa shape index (κ2) is 10.7. The Morgan fingerprint density at radius 2 is 1.86 bits per heavy atom. The Morgan fingerprint density at radius 3 is 2.49 bits per heavy atom. The van der Waals surface area contributed by atoms with Crippen LogP contribution in [0.15, 0.2) is 30.3 Å². The first-order chi connectivity index (χ1) is 17.6. The van der Waals surface area contributed by atoms with Gasteiger partial charge in [-0.2, -0.15) is 0 Å². The molecule has 0 aliphatic carbocycles. The number of likely N-dealkylation sites (tertiary alicyclic amines) is 1. The third-order valence-electron chi connectivity index (χ3n) is 8.99. The first-order valence-corrected chi connectivity index (χ1v) is 13.8. The van der Waals surface area contributed by atoms with E-state index in [1.54, 1.807) is 4.90 Å². The van der Waals surface area contributed by atoms with E-state index in [2.05, 4.69) is 17.6 Å². The Hall–Kier alpha value is -2.45. The van der Waals surface area contributed by atoms with Crippen LogP contribution in [0.5, 0.6) is 0 Å². The maximum Gasteiger partial charge on any atom is 0.245 e. The summed E-state index contributed by atoms with van der Waals surface area (Å²) >= 11 is 0. The molecule has 0 radical (unpaired) electrons. The molecule has 3 heterocycles. The molecule has 1 aromatic carbocycles. The van der Waals surface area contributed by atoms with E-state index in [0.717, 1.165) is 24.8 Å². The Kier molecular flexibility index (Phi) is 8.00. The first kappa shape index (κ1) is 27.6. The van der Waals surface area contributed by atoms with Crippen LogP contribution in [0.2, 0.25) is 0 Å². The van der Waals surface area contributed by atoms with Gasteiger partial charge in [0.2, 0.25) is 17.7 Å². The largest absolute Gasteiger partial charge is 0.394 e. The molecule has 3 aliphatic rings. The van der Waals surface area contributed by atoms with Crippen LogP contribution in [0.3, 0.4) is 0 Å². The molecular formula is C29H43N3O5. The number of carbonyl (C=O) groups is 3. The molecule has 3 fully saturated rings. The number of amides is 3. The van der Waals surface area contributed by atoms with Crippen LogP contribution in [-0.2, 0) is 25.7 Å². The smallest absolute Gasteiger partial charge is 0.245 e. The zero-order chi connectivity index (χ0) is 27.0. The molecule has 7 atom stereocenters. The number of ether oxygens (including phenoxy) is 1. The number of nitrogens with zero attached hydrogens (tertiary/aromatic N) is 1. The minimum atomic E-state index is -1.10. The zero-order valence-electron chi connectivity index (χ0n) is 22.8. The van der Waals surface area contributed by atoms with Crippen LogP contribution in [0.25, 0.3) is 0 Å². The minimum Gasteiger partial charge on any atom is -0.394 e. The minimum absolute atomic E-state index is 0.0222. The van der Waals surface area contributed by atoms with E-state index in [9.17, 15) is 19.5 Å². The fourth-order valence-electron chi connectivity index (χ4n) is 6.93. The van der Waals surface area contributed by atoms with Gasteiger partial charge in [-0.25, -0.2) is 0 Å². The van der Waals surface area contributed by atoms with E-state index in [0.29, 0.717) is 19.5 Å². The van der Waals surface area contributed by atoms with Crippen molar-refractivity contribution in [1.29, 1.82) is 0 Å². The van der Waals surface area contributed by atoms with E-state index in [1.165, 1.54) is 0 Å². The molecule has 3 aliphatic heterocycles. The quantitative estimate of drug-likeness (QED) is 0.394. The highest BCUT2D eigenvalue weighted by Crippen LogP contribution is 2.65. The Labute approximate surface area is 220 Å². The van der Waals surface area contributed by atoms with Gasteiger partial charge in [0.25, 0.3) is 0 Å². The van der Waals surface area contributed by atoms with Gasteiger partial charge in [0.05, 0.1) is 30.1 Å². The second-order valence-electron chi connectivity index (χ2n) is 11.6. The van der Waals surface area contributed by atoms with Gasteiger partial charge in [0.1, 0.15) is 11.6 Å². The number of aliphatic hydroxyl groups is 1. The van der Waals surface area contributed by atoms with Gasteiger partial charge in [0.15, 0.2) is 0 Å². The van der Waals surface area contributed by atoms with Crippen LogP contribution < -0.4 is 10.6 Å². The molecule has 0 saturated carbocycles. The molecule has 1 aromatic rings. The number of hydrogen-bond acceptors (Lipinski definition) is 5. The third-order valence-corrected chi connectivity index (χ3v) is 8.99. The number of hydrogen-bond donors (Lipinski definition) is 3. The van der Waals surface area contributed by atoms with E-state index >= 15 is 0 Å². The summed E-state index contributed by atoms with van der Waals surface area (Å²) in [4.78, 5) is 43.2. The Bertz CT molecular complexity index is 1000. The SMILES string of the molecule is CCCCCNC(=O)C1N([C@@H](CO)C(C)C)C(=O)[C@@H]2[C@H](C(=O)NCc3ccccc3)[C@@]3(C)OC12CC3C. The molecule has 3 amide bonds. The molecular weight excluding hydrogens is 470 g/mol. The molecule has 4 rings (SSSR count). The molecule has 3 saturated heterocycles. The van der Waals surface area contributed by atoms with E-state index < -0.39 is 35.1 Å². The highest BCUT2D eigenvalue weighted by Gasteiger charge is 2.80. The fraction of sp³-hybridized carbons (Fsp3) is 0.690. The molecule has 2 bridgehead atoms. The molecule has 8 nitrogen and oxygen atoms in total. The van der Waals surface area contributed by atoms with Crippen molar-refractivity contribution in [1.82, 2.24) is 15.5 Å². The molecule has 3 N–H and O–H groups in total. The summed E-state index contributed by atoms with van der Waals surface area (Å²) in [6.07, 6.45) is 3.41. The van der Waals surface area contributed by atoms with Gasteiger partial charge in [-0.1, -0.05) is 70.9 Å². The average Bonchev–Trinajstić information content (AvgIpc) is 3.38. The van der Waals surface area contributed by atoms with Gasteiger partial charge in [-0.15, -0.1) is 0 Å². The highest BCUT2D eigenvalue weighted by molar-refractivity contribution is 5.99. The number of fused-ring (bicyclic) bond motifs is 1. The van der Waals surface area contributed by atoms with Gasteiger partial charge in [-0.3, -0.25) is 14.4 Å². The lowest BCUT2D eigenvalue weighted by molar-refractivity contribution is -0.152. The predicted octanol–water partition coefficient (Wildman–Crippen LogP) is 2.64.